The highest BCUT2D eigenvalue weighted by Crippen LogP contribution is 2.23. The fourth-order valence-corrected chi connectivity index (χ4v) is 1.59. The van der Waals surface area contributed by atoms with Gasteiger partial charge in [0.25, 0.3) is 11.6 Å². The summed E-state index contributed by atoms with van der Waals surface area (Å²) in [6, 6.07) is 2.17. The van der Waals surface area contributed by atoms with Gasteiger partial charge in [0.2, 0.25) is 0 Å². The molecule has 0 spiro atoms. The minimum atomic E-state index is -1.31. The summed E-state index contributed by atoms with van der Waals surface area (Å²) in [6.07, 6.45) is 0. The standard InChI is InChI=1S/C11H11ClN2O6/c1-20-5-8(11(16)17)13-10(15)7-3-2-6(12)4-9(7)14(18)19/h2-4,8H,5H2,1H3,(H,13,15)(H,16,17). The van der Waals surface area contributed by atoms with Crippen LogP contribution in [-0.4, -0.2) is 41.7 Å². The summed E-state index contributed by atoms with van der Waals surface area (Å²) in [5.74, 6) is -2.20. The molecule has 9 heteroatoms. The maximum absolute atomic E-state index is 11.9. The molecule has 0 bridgehead atoms. The maximum Gasteiger partial charge on any atom is 0.328 e. The van der Waals surface area contributed by atoms with E-state index in [1.54, 1.807) is 0 Å². The molecule has 0 aliphatic rings. The lowest BCUT2D eigenvalue weighted by Gasteiger charge is -2.13. The number of nitro groups is 1. The number of nitrogens with zero attached hydrogens (tertiary/aromatic N) is 1. The molecule has 1 rings (SSSR count). The van der Waals surface area contributed by atoms with Crippen LogP contribution >= 0.6 is 11.6 Å². The number of carbonyl (C=O) groups excluding carboxylic acids is 1. The van der Waals surface area contributed by atoms with Gasteiger partial charge in [-0.2, -0.15) is 0 Å². The van der Waals surface area contributed by atoms with Crippen LogP contribution in [0.2, 0.25) is 5.02 Å². The smallest absolute Gasteiger partial charge is 0.328 e. The van der Waals surface area contributed by atoms with Crippen molar-refractivity contribution in [2.75, 3.05) is 13.7 Å². The fraction of sp³-hybridized carbons (Fsp3) is 0.273. The highest BCUT2D eigenvalue weighted by Gasteiger charge is 2.25. The van der Waals surface area contributed by atoms with E-state index in [1.165, 1.54) is 13.2 Å². The predicted molar refractivity (Wildman–Crippen MR) is 68.9 cm³/mol. The van der Waals surface area contributed by atoms with Crippen LogP contribution in [0.1, 0.15) is 10.4 Å². The first-order valence-corrected chi connectivity index (χ1v) is 5.71. The van der Waals surface area contributed by atoms with Crippen LogP contribution in [0.3, 0.4) is 0 Å². The second-order valence-corrected chi connectivity index (χ2v) is 4.17. The number of carbonyl (C=O) groups is 2. The SMILES string of the molecule is COCC(NC(=O)c1ccc(Cl)cc1[N+](=O)[O-])C(=O)O. The number of carboxylic acid groups (broad SMARTS) is 1. The molecule has 108 valence electrons. The zero-order valence-corrected chi connectivity index (χ0v) is 11.1. The van der Waals surface area contributed by atoms with Crippen LogP contribution in [0.15, 0.2) is 18.2 Å². The molecule has 2 N–H and O–H groups in total. The highest BCUT2D eigenvalue weighted by atomic mass is 35.5. The third-order valence-electron chi connectivity index (χ3n) is 2.34. The fourth-order valence-electron chi connectivity index (χ4n) is 1.43. The number of nitrogens with one attached hydrogen (secondary N) is 1. The largest absolute Gasteiger partial charge is 0.480 e. The van der Waals surface area contributed by atoms with Crippen molar-refractivity contribution in [3.63, 3.8) is 0 Å². The number of hydrogen-bond acceptors (Lipinski definition) is 5. The Morgan fingerprint density at radius 3 is 2.70 bits per heavy atom. The summed E-state index contributed by atoms with van der Waals surface area (Å²) in [5, 5.41) is 22.0. The lowest BCUT2D eigenvalue weighted by atomic mass is 10.1. The van der Waals surface area contributed by atoms with E-state index in [9.17, 15) is 19.7 Å². The summed E-state index contributed by atoms with van der Waals surface area (Å²) < 4.78 is 4.65. The topological polar surface area (TPSA) is 119 Å². The Balaban J connectivity index is 3.03. The van der Waals surface area contributed by atoms with Gasteiger partial charge in [0.1, 0.15) is 5.56 Å². The average molecular weight is 303 g/mol. The van der Waals surface area contributed by atoms with Gasteiger partial charge in [0, 0.05) is 18.2 Å². The Bertz CT molecular complexity index is 548. The Morgan fingerprint density at radius 2 is 2.20 bits per heavy atom. The summed E-state index contributed by atoms with van der Waals surface area (Å²) in [7, 11) is 1.27. The summed E-state index contributed by atoms with van der Waals surface area (Å²) >= 11 is 5.62. The van der Waals surface area contributed by atoms with E-state index in [0.29, 0.717) is 0 Å². The molecule has 1 atom stereocenters. The van der Waals surface area contributed by atoms with E-state index >= 15 is 0 Å². The first-order valence-electron chi connectivity index (χ1n) is 5.33. The number of halogens is 1. The molecule has 1 amide bonds. The van der Waals surface area contributed by atoms with E-state index in [4.69, 9.17) is 16.7 Å². The Morgan fingerprint density at radius 1 is 1.55 bits per heavy atom. The monoisotopic (exact) mass is 302 g/mol. The van der Waals surface area contributed by atoms with Crippen LogP contribution < -0.4 is 5.32 Å². The third-order valence-corrected chi connectivity index (χ3v) is 2.57. The summed E-state index contributed by atoms with van der Waals surface area (Å²) in [6.45, 7) is -0.261. The molecule has 0 saturated carbocycles. The van der Waals surface area contributed by atoms with Crippen LogP contribution in [0.4, 0.5) is 5.69 Å². The van der Waals surface area contributed by atoms with Gasteiger partial charge in [0.05, 0.1) is 11.5 Å². The molecule has 0 aliphatic carbocycles. The molecule has 0 radical (unpaired) electrons. The van der Waals surface area contributed by atoms with Gasteiger partial charge in [-0.15, -0.1) is 0 Å². The van der Waals surface area contributed by atoms with Crippen molar-refractivity contribution in [2.45, 2.75) is 6.04 Å². The number of hydrogen-bond donors (Lipinski definition) is 2. The van der Waals surface area contributed by atoms with E-state index < -0.39 is 28.5 Å². The zero-order chi connectivity index (χ0) is 15.3. The number of carboxylic acids is 1. The molecule has 0 aromatic heterocycles. The van der Waals surface area contributed by atoms with Gasteiger partial charge < -0.3 is 15.2 Å². The van der Waals surface area contributed by atoms with E-state index in [0.717, 1.165) is 12.1 Å². The number of nitro benzene ring substituents is 1. The second-order valence-electron chi connectivity index (χ2n) is 3.74. The number of methoxy groups -OCH3 is 1. The van der Waals surface area contributed by atoms with Crippen molar-refractivity contribution in [2.24, 2.45) is 0 Å². The molecule has 8 nitrogen and oxygen atoms in total. The average Bonchev–Trinajstić information content (AvgIpc) is 2.37. The van der Waals surface area contributed by atoms with Crippen LogP contribution in [0.5, 0.6) is 0 Å². The second kappa shape index (κ2) is 6.83. The summed E-state index contributed by atoms with van der Waals surface area (Å²) in [5.41, 5.74) is -0.779. The van der Waals surface area contributed by atoms with E-state index in [2.05, 4.69) is 10.1 Å². The molecule has 0 aliphatic heterocycles. The summed E-state index contributed by atoms with van der Waals surface area (Å²) in [4.78, 5) is 32.9. The number of benzene rings is 1. The molecule has 1 unspecified atom stereocenters. The number of rotatable bonds is 6. The van der Waals surface area contributed by atoms with Crippen molar-refractivity contribution in [3.8, 4) is 0 Å². The van der Waals surface area contributed by atoms with Crippen molar-refractivity contribution < 1.29 is 24.4 Å². The van der Waals surface area contributed by atoms with Crippen molar-refractivity contribution in [3.05, 3.63) is 38.9 Å². The molecule has 0 saturated heterocycles. The third kappa shape index (κ3) is 3.90. The molecule has 0 fully saturated rings. The Hall–Kier alpha value is -2.19. The normalized spacial score (nSPS) is 11.7. The van der Waals surface area contributed by atoms with Gasteiger partial charge in [-0.3, -0.25) is 14.9 Å². The molecule has 1 aromatic rings. The first kappa shape index (κ1) is 15.9. The van der Waals surface area contributed by atoms with Crippen LogP contribution in [0, 0.1) is 10.1 Å². The maximum atomic E-state index is 11.9. The van der Waals surface area contributed by atoms with Crippen molar-refractivity contribution >= 4 is 29.2 Å². The van der Waals surface area contributed by atoms with Gasteiger partial charge in [-0.25, -0.2) is 4.79 Å². The van der Waals surface area contributed by atoms with Gasteiger partial charge >= 0.3 is 5.97 Å². The minimum absolute atomic E-state index is 0.0972. The lowest BCUT2D eigenvalue weighted by Crippen LogP contribution is -2.43. The lowest BCUT2D eigenvalue weighted by molar-refractivity contribution is -0.385. The Labute approximate surface area is 118 Å². The molecule has 1 aromatic carbocycles. The highest BCUT2D eigenvalue weighted by molar-refractivity contribution is 6.31. The van der Waals surface area contributed by atoms with Crippen LogP contribution in [0.25, 0.3) is 0 Å². The van der Waals surface area contributed by atoms with Crippen molar-refractivity contribution in [1.82, 2.24) is 5.32 Å². The zero-order valence-electron chi connectivity index (χ0n) is 10.3. The molecule has 0 heterocycles. The van der Waals surface area contributed by atoms with Gasteiger partial charge in [0.15, 0.2) is 6.04 Å². The van der Waals surface area contributed by atoms with Crippen LogP contribution in [-0.2, 0) is 9.53 Å². The predicted octanol–water partition coefficient (Wildman–Crippen LogP) is 1.08. The molecule has 20 heavy (non-hydrogen) atoms. The Kier molecular flexibility index (Phi) is 5.42. The molecular weight excluding hydrogens is 292 g/mol. The van der Waals surface area contributed by atoms with E-state index in [-0.39, 0.29) is 17.2 Å². The number of aliphatic carboxylic acids is 1. The number of ether oxygens (including phenoxy) is 1. The number of amides is 1. The van der Waals surface area contributed by atoms with Gasteiger partial charge in [-0.05, 0) is 12.1 Å². The minimum Gasteiger partial charge on any atom is -0.480 e. The van der Waals surface area contributed by atoms with Crippen molar-refractivity contribution in [1.29, 1.82) is 0 Å². The van der Waals surface area contributed by atoms with Gasteiger partial charge in [-0.1, -0.05) is 11.6 Å². The molecular formula is C11H11ClN2O6. The quantitative estimate of drug-likeness (QED) is 0.599. The van der Waals surface area contributed by atoms with E-state index in [1.807, 2.05) is 0 Å². The first-order chi connectivity index (χ1) is 9.36.